The normalized spacial score (nSPS) is 19.2. The second-order valence-electron chi connectivity index (χ2n) is 6.02. The van der Waals surface area contributed by atoms with Crippen molar-refractivity contribution in [3.63, 3.8) is 0 Å². The SMILES string of the molecule is CC(C)(C)c1cc(NC(=O)COCC2CCCO2)no1. The topological polar surface area (TPSA) is 73.6 Å². The van der Waals surface area contributed by atoms with Gasteiger partial charge in [-0.2, -0.15) is 0 Å². The quantitative estimate of drug-likeness (QED) is 0.895. The zero-order valence-electron chi connectivity index (χ0n) is 12.3. The van der Waals surface area contributed by atoms with Gasteiger partial charge >= 0.3 is 0 Å². The van der Waals surface area contributed by atoms with E-state index in [0.717, 1.165) is 25.2 Å². The number of carbonyl (C=O) groups excluding carboxylic acids is 1. The molecule has 0 bridgehead atoms. The van der Waals surface area contributed by atoms with Crippen LogP contribution in [0.25, 0.3) is 0 Å². The summed E-state index contributed by atoms with van der Waals surface area (Å²) in [7, 11) is 0. The Bertz CT molecular complexity index is 444. The number of nitrogens with zero attached hydrogens (tertiary/aromatic N) is 1. The van der Waals surface area contributed by atoms with E-state index >= 15 is 0 Å². The third kappa shape index (κ3) is 4.31. The first-order chi connectivity index (χ1) is 9.45. The molecule has 20 heavy (non-hydrogen) atoms. The highest BCUT2D eigenvalue weighted by Gasteiger charge is 2.20. The predicted octanol–water partition coefficient (Wildman–Crippen LogP) is 2.11. The van der Waals surface area contributed by atoms with Crippen molar-refractivity contribution in [2.24, 2.45) is 0 Å². The van der Waals surface area contributed by atoms with Crippen LogP contribution in [-0.4, -0.2) is 37.0 Å². The lowest BCUT2D eigenvalue weighted by molar-refractivity contribution is -0.121. The molecule has 0 aromatic carbocycles. The number of anilines is 1. The standard InChI is InChI=1S/C14H22N2O4/c1-14(2,3)11-7-12(16-20-11)15-13(17)9-18-8-10-5-4-6-19-10/h7,10H,4-6,8-9H2,1-3H3,(H,15,16,17). The number of nitrogens with one attached hydrogen (secondary N) is 1. The summed E-state index contributed by atoms with van der Waals surface area (Å²) in [6.45, 7) is 7.29. The molecule has 0 saturated carbocycles. The molecule has 0 aliphatic carbocycles. The molecule has 0 radical (unpaired) electrons. The van der Waals surface area contributed by atoms with Crippen molar-refractivity contribution in [1.29, 1.82) is 0 Å². The summed E-state index contributed by atoms with van der Waals surface area (Å²) in [5.41, 5.74) is -0.133. The molecule has 1 aromatic rings. The van der Waals surface area contributed by atoms with Crippen molar-refractivity contribution in [2.45, 2.75) is 45.1 Å². The maximum Gasteiger partial charge on any atom is 0.251 e. The third-order valence-corrected chi connectivity index (χ3v) is 3.08. The van der Waals surface area contributed by atoms with Crippen LogP contribution < -0.4 is 5.32 Å². The Morgan fingerprint density at radius 1 is 1.55 bits per heavy atom. The van der Waals surface area contributed by atoms with Crippen molar-refractivity contribution in [2.75, 3.05) is 25.1 Å². The molecular formula is C14H22N2O4. The van der Waals surface area contributed by atoms with E-state index in [1.165, 1.54) is 0 Å². The van der Waals surface area contributed by atoms with Crippen LogP contribution in [0.1, 0.15) is 39.4 Å². The van der Waals surface area contributed by atoms with Crippen LogP contribution in [0.15, 0.2) is 10.6 Å². The highest BCUT2D eigenvalue weighted by atomic mass is 16.5. The highest BCUT2D eigenvalue weighted by Crippen LogP contribution is 2.24. The largest absolute Gasteiger partial charge is 0.376 e. The van der Waals surface area contributed by atoms with Crippen LogP contribution in [0.5, 0.6) is 0 Å². The number of amides is 1. The van der Waals surface area contributed by atoms with Crippen LogP contribution in [0, 0.1) is 0 Å². The van der Waals surface area contributed by atoms with E-state index in [-0.39, 0.29) is 24.0 Å². The van der Waals surface area contributed by atoms with E-state index in [1.54, 1.807) is 6.07 Å². The van der Waals surface area contributed by atoms with E-state index in [2.05, 4.69) is 10.5 Å². The molecule has 1 saturated heterocycles. The Labute approximate surface area is 118 Å². The average molecular weight is 282 g/mol. The van der Waals surface area contributed by atoms with Crippen molar-refractivity contribution >= 4 is 11.7 Å². The fourth-order valence-corrected chi connectivity index (χ4v) is 1.93. The van der Waals surface area contributed by atoms with Gasteiger partial charge in [0.1, 0.15) is 12.4 Å². The van der Waals surface area contributed by atoms with Gasteiger partial charge in [0.15, 0.2) is 5.82 Å². The smallest absolute Gasteiger partial charge is 0.251 e. The molecule has 6 heteroatoms. The first kappa shape index (κ1) is 15.0. The number of aromatic nitrogens is 1. The number of rotatable bonds is 5. The Morgan fingerprint density at radius 3 is 2.95 bits per heavy atom. The maximum atomic E-state index is 11.7. The molecule has 1 amide bonds. The lowest BCUT2D eigenvalue weighted by Gasteiger charge is -2.12. The molecule has 112 valence electrons. The van der Waals surface area contributed by atoms with E-state index in [9.17, 15) is 4.79 Å². The minimum Gasteiger partial charge on any atom is -0.376 e. The fraction of sp³-hybridized carbons (Fsp3) is 0.714. The summed E-state index contributed by atoms with van der Waals surface area (Å²) >= 11 is 0. The van der Waals surface area contributed by atoms with Gasteiger partial charge in [0.25, 0.3) is 5.91 Å². The summed E-state index contributed by atoms with van der Waals surface area (Å²) in [4.78, 5) is 11.7. The molecule has 1 aliphatic rings. The number of hydrogen-bond acceptors (Lipinski definition) is 5. The minimum atomic E-state index is -0.239. The molecular weight excluding hydrogens is 260 g/mol. The monoisotopic (exact) mass is 282 g/mol. The van der Waals surface area contributed by atoms with Gasteiger partial charge in [0.2, 0.25) is 0 Å². The Kier molecular flexibility index (Phi) is 4.77. The van der Waals surface area contributed by atoms with Gasteiger partial charge in [-0.25, -0.2) is 0 Å². The number of hydrogen-bond donors (Lipinski definition) is 1. The fourth-order valence-electron chi connectivity index (χ4n) is 1.93. The second kappa shape index (κ2) is 6.37. The van der Waals surface area contributed by atoms with E-state index < -0.39 is 0 Å². The molecule has 1 atom stereocenters. The lowest BCUT2D eigenvalue weighted by atomic mass is 9.93. The van der Waals surface area contributed by atoms with E-state index in [4.69, 9.17) is 14.0 Å². The summed E-state index contributed by atoms with van der Waals surface area (Å²) in [5, 5.41) is 6.47. The van der Waals surface area contributed by atoms with Crippen LogP contribution in [0.2, 0.25) is 0 Å². The molecule has 1 unspecified atom stereocenters. The number of carbonyl (C=O) groups is 1. The van der Waals surface area contributed by atoms with Crippen LogP contribution in [0.3, 0.4) is 0 Å². The molecule has 1 aliphatic heterocycles. The summed E-state index contributed by atoms with van der Waals surface area (Å²) in [6.07, 6.45) is 2.19. The van der Waals surface area contributed by atoms with Gasteiger partial charge in [0, 0.05) is 18.1 Å². The summed E-state index contributed by atoms with van der Waals surface area (Å²) in [5.74, 6) is 0.908. The van der Waals surface area contributed by atoms with Crippen LogP contribution in [0.4, 0.5) is 5.82 Å². The summed E-state index contributed by atoms with van der Waals surface area (Å²) < 4.78 is 15.9. The molecule has 1 fully saturated rings. The number of ether oxygens (including phenoxy) is 2. The first-order valence-corrected chi connectivity index (χ1v) is 6.91. The predicted molar refractivity (Wildman–Crippen MR) is 73.6 cm³/mol. The molecule has 0 spiro atoms. The van der Waals surface area contributed by atoms with E-state index in [0.29, 0.717) is 12.4 Å². The second-order valence-corrected chi connectivity index (χ2v) is 6.02. The highest BCUT2D eigenvalue weighted by molar-refractivity contribution is 5.90. The average Bonchev–Trinajstić information content (AvgIpc) is 2.98. The van der Waals surface area contributed by atoms with Gasteiger partial charge in [-0.3, -0.25) is 4.79 Å². The van der Waals surface area contributed by atoms with E-state index in [1.807, 2.05) is 20.8 Å². The Hall–Kier alpha value is -1.40. The van der Waals surface area contributed by atoms with Gasteiger partial charge in [0.05, 0.1) is 12.7 Å². The molecule has 6 nitrogen and oxygen atoms in total. The zero-order valence-corrected chi connectivity index (χ0v) is 12.3. The van der Waals surface area contributed by atoms with Gasteiger partial charge in [-0.05, 0) is 12.8 Å². The Balaban J connectivity index is 1.72. The van der Waals surface area contributed by atoms with Gasteiger partial charge in [-0.15, -0.1) is 0 Å². The van der Waals surface area contributed by atoms with Crippen molar-refractivity contribution in [1.82, 2.24) is 5.16 Å². The van der Waals surface area contributed by atoms with Crippen molar-refractivity contribution < 1.29 is 18.8 Å². The molecule has 1 aromatic heterocycles. The lowest BCUT2D eigenvalue weighted by Crippen LogP contribution is -2.22. The first-order valence-electron chi connectivity index (χ1n) is 6.91. The molecule has 2 heterocycles. The summed E-state index contributed by atoms with van der Waals surface area (Å²) in [6, 6.07) is 1.73. The maximum absolute atomic E-state index is 11.7. The van der Waals surface area contributed by atoms with Gasteiger partial charge in [-0.1, -0.05) is 25.9 Å². The minimum absolute atomic E-state index is 0.00241. The molecule has 1 N–H and O–H groups in total. The third-order valence-electron chi connectivity index (χ3n) is 3.08. The van der Waals surface area contributed by atoms with Crippen molar-refractivity contribution in [3.8, 4) is 0 Å². The van der Waals surface area contributed by atoms with Crippen molar-refractivity contribution in [3.05, 3.63) is 11.8 Å². The van der Waals surface area contributed by atoms with Crippen LogP contribution in [-0.2, 0) is 19.7 Å². The van der Waals surface area contributed by atoms with Crippen LogP contribution >= 0.6 is 0 Å². The van der Waals surface area contributed by atoms with Gasteiger partial charge < -0.3 is 19.3 Å². The zero-order chi connectivity index (χ0) is 14.6. The Morgan fingerprint density at radius 2 is 2.35 bits per heavy atom. The molecule has 2 rings (SSSR count).